The zero-order valence-electron chi connectivity index (χ0n) is 10.1. The van der Waals surface area contributed by atoms with Gasteiger partial charge in [-0.2, -0.15) is 5.01 Å². The Morgan fingerprint density at radius 3 is 2.79 bits per heavy atom. The molecule has 0 bridgehead atoms. The van der Waals surface area contributed by atoms with Crippen LogP contribution in [-0.4, -0.2) is 21.4 Å². The third-order valence-corrected chi connectivity index (χ3v) is 2.85. The largest absolute Gasteiger partial charge is 0.274 e. The van der Waals surface area contributed by atoms with Crippen LogP contribution in [0.1, 0.15) is 6.92 Å². The van der Waals surface area contributed by atoms with Crippen LogP contribution in [0.2, 0.25) is 0 Å². The second kappa shape index (κ2) is 3.91. The Morgan fingerprint density at radius 2 is 2.05 bits per heavy atom. The monoisotopic (exact) mass is 258 g/mol. The minimum atomic E-state index is -0.399. The van der Waals surface area contributed by atoms with Crippen LogP contribution in [0.4, 0.5) is 5.95 Å². The molecule has 1 aliphatic rings. The van der Waals surface area contributed by atoms with E-state index in [1.54, 1.807) is 24.3 Å². The number of hydrogen-bond acceptors (Lipinski definition) is 4. The SMILES string of the molecule is CC(=O)NN1C(=O)Cn2c1nc1ccccc1c2=O. The number of nitrogens with zero attached hydrogens (tertiary/aromatic N) is 3. The molecule has 0 fully saturated rings. The molecule has 0 saturated heterocycles. The maximum absolute atomic E-state index is 12.2. The molecule has 19 heavy (non-hydrogen) atoms. The average molecular weight is 258 g/mol. The van der Waals surface area contributed by atoms with E-state index in [0.717, 1.165) is 5.01 Å². The van der Waals surface area contributed by atoms with Crippen molar-refractivity contribution in [3.8, 4) is 0 Å². The zero-order valence-corrected chi connectivity index (χ0v) is 10.1. The Balaban J connectivity index is 2.25. The fourth-order valence-corrected chi connectivity index (χ4v) is 2.06. The van der Waals surface area contributed by atoms with Crippen LogP contribution in [0, 0.1) is 0 Å². The molecule has 0 radical (unpaired) electrons. The highest BCUT2D eigenvalue weighted by Crippen LogP contribution is 2.18. The van der Waals surface area contributed by atoms with Gasteiger partial charge in [-0.3, -0.25) is 24.4 Å². The van der Waals surface area contributed by atoms with Crippen molar-refractivity contribution in [3.63, 3.8) is 0 Å². The van der Waals surface area contributed by atoms with Crippen molar-refractivity contribution in [3.05, 3.63) is 34.6 Å². The van der Waals surface area contributed by atoms with E-state index < -0.39 is 11.8 Å². The highest BCUT2D eigenvalue weighted by atomic mass is 16.2. The van der Waals surface area contributed by atoms with Gasteiger partial charge in [0.05, 0.1) is 10.9 Å². The van der Waals surface area contributed by atoms with Gasteiger partial charge in [0.15, 0.2) is 0 Å². The predicted molar refractivity (Wildman–Crippen MR) is 67.3 cm³/mol. The van der Waals surface area contributed by atoms with Gasteiger partial charge in [-0.25, -0.2) is 4.98 Å². The highest BCUT2D eigenvalue weighted by Gasteiger charge is 2.31. The number of hydrogen-bond donors (Lipinski definition) is 1. The van der Waals surface area contributed by atoms with Crippen LogP contribution in [0.3, 0.4) is 0 Å². The number of anilines is 1. The van der Waals surface area contributed by atoms with E-state index >= 15 is 0 Å². The van der Waals surface area contributed by atoms with Gasteiger partial charge in [-0.05, 0) is 12.1 Å². The summed E-state index contributed by atoms with van der Waals surface area (Å²) < 4.78 is 1.25. The van der Waals surface area contributed by atoms with E-state index in [0.29, 0.717) is 10.9 Å². The molecule has 7 nitrogen and oxygen atoms in total. The molecular weight excluding hydrogens is 248 g/mol. The molecule has 0 aliphatic carbocycles. The van der Waals surface area contributed by atoms with Crippen LogP contribution in [0.5, 0.6) is 0 Å². The van der Waals surface area contributed by atoms with E-state index in [1.807, 2.05) is 0 Å². The van der Waals surface area contributed by atoms with Gasteiger partial charge in [0.1, 0.15) is 6.54 Å². The molecule has 0 atom stereocenters. The van der Waals surface area contributed by atoms with Gasteiger partial charge in [0, 0.05) is 6.92 Å². The first-order valence-electron chi connectivity index (χ1n) is 5.67. The van der Waals surface area contributed by atoms with Crippen molar-refractivity contribution in [2.75, 3.05) is 5.01 Å². The van der Waals surface area contributed by atoms with E-state index in [2.05, 4.69) is 10.4 Å². The topological polar surface area (TPSA) is 84.3 Å². The van der Waals surface area contributed by atoms with Gasteiger partial charge in [-0.1, -0.05) is 12.1 Å². The summed E-state index contributed by atoms with van der Waals surface area (Å²) in [7, 11) is 0. The average Bonchev–Trinajstić information content (AvgIpc) is 2.67. The maximum atomic E-state index is 12.2. The molecule has 96 valence electrons. The molecule has 2 amide bonds. The van der Waals surface area contributed by atoms with Crippen LogP contribution >= 0.6 is 0 Å². The minimum Gasteiger partial charge on any atom is -0.274 e. The summed E-state index contributed by atoms with van der Waals surface area (Å²) in [4.78, 5) is 39.4. The molecule has 1 N–H and O–H groups in total. The lowest BCUT2D eigenvalue weighted by molar-refractivity contribution is -0.124. The number of nitrogens with one attached hydrogen (secondary N) is 1. The van der Waals surface area contributed by atoms with Crippen molar-refractivity contribution in [1.82, 2.24) is 15.0 Å². The van der Waals surface area contributed by atoms with E-state index in [9.17, 15) is 14.4 Å². The minimum absolute atomic E-state index is 0.119. The molecule has 7 heteroatoms. The molecular formula is C12H10N4O3. The Hall–Kier alpha value is -2.70. The molecule has 1 aromatic carbocycles. The first-order valence-corrected chi connectivity index (χ1v) is 5.67. The number of hydrazine groups is 1. The lowest BCUT2D eigenvalue weighted by Gasteiger charge is -2.15. The van der Waals surface area contributed by atoms with Crippen molar-refractivity contribution >= 4 is 28.7 Å². The summed E-state index contributed by atoms with van der Waals surface area (Å²) in [6.07, 6.45) is 0. The van der Waals surface area contributed by atoms with Crippen LogP contribution in [0.15, 0.2) is 29.1 Å². The predicted octanol–water partition coefficient (Wildman–Crippen LogP) is -0.206. The number of carbonyl (C=O) groups is 2. The quantitative estimate of drug-likeness (QED) is 0.767. The van der Waals surface area contributed by atoms with Crippen molar-refractivity contribution in [1.29, 1.82) is 0 Å². The molecule has 0 spiro atoms. The number of amides is 2. The second-order valence-corrected chi connectivity index (χ2v) is 4.22. The molecule has 2 heterocycles. The van der Waals surface area contributed by atoms with Gasteiger partial charge in [0.2, 0.25) is 11.9 Å². The molecule has 0 saturated carbocycles. The summed E-state index contributed by atoms with van der Waals surface area (Å²) in [6, 6.07) is 6.84. The fraction of sp³-hybridized carbons (Fsp3) is 0.167. The lowest BCUT2D eigenvalue weighted by atomic mass is 10.2. The Labute approximate surface area is 107 Å². The van der Waals surface area contributed by atoms with Gasteiger partial charge < -0.3 is 0 Å². The fourth-order valence-electron chi connectivity index (χ4n) is 2.06. The smallest absolute Gasteiger partial charge is 0.268 e. The lowest BCUT2D eigenvalue weighted by Crippen LogP contribution is -2.43. The van der Waals surface area contributed by atoms with E-state index in [4.69, 9.17) is 0 Å². The summed E-state index contributed by atoms with van der Waals surface area (Å²) in [5.41, 5.74) is 2.56. The Morgan fingerprint density at radius 1 is 1.32 bits per heavy atom. The van der Waals surface area contributed by atoms with Gasteiger partial charge >= 0.3 is 0 Å². The Kier molecular flexibility index (Phi) is 2.34. The number of para-hydroxylation sites is 1. The number of rotatable bonds is 1. The molecule has 0 unspecified atom stereocenters. The Bertz CT molecular complexity index is 765. The molecule has 1 aliphatic heterocycles. The third-order valence-electron chi connectivity index (χ3n) is 2.85. The van der Waals surface area contributed by atoms with E-state index in [-0.39, 0.29) is 18.1 Å². The summed E-state index contributed by atoms with van der Waals surface area (Å²) >= 11 is 0. The van der Waals surface area contributed by atoms with Crippen LogP contribution < -0.4 is 16.0 Å². The van der Waals surface area contributed by atoms with Crippen molar-refractivity contribution < 1.29 is 9.59 Å². The molecule has 3 rings (SSSR count). The maximum Gasteiger partial charge on any atom is 0.268 e. The summed E-state index contributed by atoms with van der Waals surface area (Å²) in [6.45, 7) is 1.17. The number of fused-ring (bicyclic) bond motifs is 2. The summed E-state index contributed by atoms with van der Waals surface area (Å²) in [5, 5.41) is 1.46. The van der Waals surface area contributed by atoms with Crippen molar-refractivity contribution in [2.45, 2.75) is 13.5 Å². The number of carbonyl (C=O) groups excluding carboxylic acids is 2. The highest BCUT2D eigenvalue weighted by molar-refractivity contribution is 5.98. The van der Waals surface area contributed by atoms with Crippen LogP contribution in [0.25, 0.3) is 10.9 Å². The first kappa shape index (κ1) is 11.4. The summed E-state index contributed by atoms with van der Waals surface area (Å²) in [5.74, 6) is -0.650. The van der Waals surface area contributed by atoms with Crippen LogP contribution in [-0.2, 0) is 16.1 Å². The number of aromatic nitrogens is 2. The molecule has 1 aromatic heterocycles. The van der Waals surface area contributed by atoms with Gasteiger partial charge in [0.25, 0.3) is 11.5 Å². The standard InChI is InChI=1S/C12H10N4O3/c1-7(17)14-16-10(18)6-15-11(19)8-4-2-3-5-9(8)13-12(15)16/h2-5H,6H2,1H3,(H,14,17). The molecule has 2 aromatic rings. The second-order valence-electron chi connectivity index (χ2n) is 4.22. The normalized spacial score (nSPS) is 13.7. The van der Waals surface area contributed by atoms with Crippen molar-refractivity contribution in [2.24, 2.45) is 0 Å². The third kappa shape index (κ3) is 1.67. The zero-order chi connectivity index (χ0) is 13.6. The van der Waals surface area contributed by atoms with E-state index in [1.165, 1.54) is 11.5 Å². The number of benzene rings is 1. The van der Waals surface area contributed by atoms with Gasteiger partial charge in [-0.15, -0.1) is 0 Å². The first-order chi connectivity index (χ1) is 9.08.